The zero-order valence-electron chi connectivity index (χ0n) is 12.3. The van der Waals surface area contributed by atoms with Crippen molar-refractivity contribution in [2.45, 2.75) is 18.9 Å². The van der Waals surface area contributed by atoms with Gasteiger partial charge >= 0.3 is 6.03 Å². The van der Waals surface area contributed by atoms with Crippen LogP contribution in [0.3, 0.4) is 0 Å². The van der Waals surface area contributed by atoms with Crippen LogP contribution in [0.15, 0.2) is 24.3 Å². The molecule has 0 saturated carbocycles. The highest BCUT2D eigenvalue weighted by molar-refractivity contribution is 5.73. The number of nitro benzene ring substituents is 1. The maximum Gasteiger partial charge on any atom is 0.319 e. The van der Waals surface area contributed by atoms with Crippen molar-refractivity contribution in [2.75, 3.05) is 32.5 Å². The molecular weight excluding hydrogens is 272 g/mol. The van der Waals surface area contributed by atoms with E-state index in [1.807, 2.05) is 4.90 Å². The Kier molecular flexibility index (Phi) is 4.62. The van der Waals surface area contributed by atoms with Gasteiger partial charge in [-0.15, -0.1) is 0 Å². The molecule has 1 aromatic rings. The van der Waals surface area contributed by atoms with Gasteiger partial charge < -0.3 is 15.1 Å². The minimum Gasteiger partial charge on any atom is -0.382 e. The second-order valence-corrected chi connectivity index (χ2v) is 5.39. The second-order valence-electron chi connectivity index (χ2n) is 5.39. The lowest BCUT2D eigenvalue weighted by atomic mass is 10.0. The van der Waals surface area contributed by atoms with Crippen molar-refractivity contribution in [1.82, 2.24) is 9.80 Å². The predicted octanol–water partition coefficient (Wildman–Crippen LogP) is 2.15. The standard InChI is InChI=1S/C14H20N4O3/c1-16(2)14(19)17-9-7-12(8-10-17)15-11-3-5-13(6-4-11)18(20)21/h3-6,12,15H,7-10H2,1-2H3. The molecule has 7 nitrogen and oxygen atoms in total. The first-order valence-corrected chi connectivity index (χ1v) is 6.94. The fourth-order valence-electron chi connectivity index (χ4n) is 2.41. The van der Waals surface area contributed by atoms with Gasteiger partial charge in [0.05, 0.1) is 4.92 Å². The molecule has 1 saturated heterocycles. The van der Waals surface area contributed by atoms with Crippen molar-refractivity contribution in [3.8, 4) is 0 Å². The number of hydrogen-bond donors (Lipinski definition) is 1. The van der Waals surface area contributed by atoms with Crippen LogP contribution in [0.25, 0.3) is 0 Å². The van der Waals surface area contributed by atoms with Gasteiger partial charge in [0.25, 0.3) is 5.69 Å². The average Bonchev–Trinajstić information content (AvgIpc) is 2.47. The quantitative estimate of drug-likeness (QED) is 0.684. The van der Waals surface area contributed by atoms with Crippen LogP contribution in [0.5, 0.6) is 0 Å². The number of carbonyl (C=O) groups is 1. The molecule has 2 rings (SSSR count). The zero-order chi connectivity index (χ0) is 15.4. The van der Waals surface area contributed by atoms with Crippen LogP contribution < -0.4 is 5.32 Å². The molecule has 1 fully saturated rings. The van der Waals surface area contributed by atoms with Crippen molar-refractivity contribution >= 4 is 17.4 Å². The summed E-state index contributed by atoms with van der Waals surface area (Å²) in [5, 5.41) is 14.0. The van der Waals surface area contributed by atoms with E-state index >= 15 is 0 Å². The summed E-state index contributed by atoms with van der Waals surface area (Å²) >= 11 is 0. The maximum atomic E-state index is 11.8. The molecule has 0 spiro atoms. The molecule has 0 atom stereocenters. The van der Waals surface area contributed by atoms with Gasteiger partial charge in [-0.2, -0.15) is 0 Å². The van der Waals surface area contributed by atoms with Crippen molar-refractivity contribution in [1.29, 1.82) is 0 Å². The predicted molar refractivity (Wildman–Crippen MR) is 80.4 cm³/mol. The Morgan fingerprint density at radius 3 is 2.33 bits per heavy atom. The number of nitro groups is 1. The fourth-order valence-corrected chi connectivity index (χ4v) is 2.41. The average molecular weight is 292 g/mol. The van der Waals surface area contributed by atoms with E-state index in [1.54, 1.807) is 31.1 Å². The third-order valence-corrected chi connectivity index (χ3v) is 3.60. The van der Waals surface area contributed by atoms with Gasteiger partial charge in [0.15, 0.2) is 0 Å². The smallest absolute Gasteiger partial charge is 0.319 e. The van der Waals surface area contributed by atoms with Gasteiger partial charge in [-0.25, -0.2) is 4.79 Å². The van der Waals surface area contributed by atoms with Crippen molar-refractivity contribution in [3.63, 3.8) is 0 Å². The lowest BCUT2D eigenvalue weighted by molar-refractivity contribution is -0.384. The van der Waals surface area contributed by atoms with Crippen molar-refractivity contribution in [3.05, 3.63) is 34.4 Å². The second kappa shape index (κ2) is 6.43. The number of likely N-dealkylation sites (tertiary alicyclic amines) is 1. The molecule has 114 valence electrons. The third-order valence-electron chi connectivity index (χ3n) is 3.60. The van der Waals surface area contributed by atoms with Crippen LogP contribution in [0.1, 0.15) is 12.8 Å². The Labute approximate surface area is 123 Å². The number of nitrogens with zero attached hydrogens (tertiary/aromatic N) is 3. The monoisotopic (exact) mass is 292 g/mol. The summed E-state index contributed by atoms with van der Waals surface area (Å²) in [5.74, 6) is 0. The lowest BCUT2D eigenvalue weighted by Gasteiger charge is -2.34. The zero-order valence-corrected chi connectivity index (χ0v) is 12.3. The summed E-state index contributed by atoms with van der Waals surface area (Å²) in [6.45, 7) is 1.45. The highest BCUT2D eigenvalue weighted by Gasteiger charge is 2.23. The van der Waals surface area contributed by atoms with E-state index in [0.29, 0.717) is 0 Å². The van der Waals surface area contributed by atoms with Crippen LogP contribution in [-0.2, 0) is 0 Å². The third kappa shape index (κ3) is 3.84. The highest BCUT2D eigenvalue weighted by Crippen LogP contribution is 2.20. The number of nitrogens with one attached hydrogen (secondary N) is 1. The van der Waals surface area contributed by atoms with E-state index < -0.39 is 4.92 Å². The van der Waals surface area contributed by atoms with Gasteiger partial charge in [-0.1, -0.05) is 0 Å². The number of non-ortho nitro benzene ring substituents is 1. The molecule has 1 aliphatic rings. The van der Waals surface area contributed by atoms with Crippen LogP contribution in [-0.4, -0.2) is 54.0 Å². The van der Waals surface area contributed by atoms with Gasteiger partial charge in [-0.05, 0) is 25.0 Å². The molecule has 7 heteroatoms. The van der Waals surface area contributed by atoms with Gasteiger partial charge in [0.1, 0.15) is 0 Å². The number of urea groups is 1. The normalized spacial score (nSPS) is 15.6. The Hall–Kier alpha value is -2.31. The summed E-state index contributed by atoms with van der Waals surface area (Å²) in [5.41, 5.74) is 0.963. The molecule has 0 bridgehead atoms. The van der Waals surface area contributed by atoms with Crippen molar-refractivity contribution in [2.24, 2.45) is 0 Å². The first kappa shape index (κ1) is 15.1. The molecule has 0 radical (unpaired) electrons. The molecule has 1 heterocycles. The van der Waals surface area contributed by atoms with E-state index in [0.717, 1.165) is 31.6 Å². The summed E-state index contributed by atoms with van der Waals surface area (Å²) < 4.78 is 0. The minimum absolute atomic E-state index is 0.0452. The number of amides is 2. The Bertz CT molecular complexity index is 507. The molecule has 1 aromatic carbocycles. The first-order valence-electron chi connectivity index (χ1n) is 6.94. The molecule has 1 N–H and O–H groups in total. The van der Waals surface area contributed by atoms with Crippen molar-refractivity contribution < 1.29 is 9.72 Å². The van der Waals surface area contributed by atoms with E-state index in [4.69, 9.17) is 0 Å². The number of piperidine rings is 1. The molecule has 0 aliphatic carbocycles. The Morgan fingerprint density at radius 2 is 1.86 bits per heavy atom. The topological polar surface area (TPSA) is 78.7 Å². The van der Waals surface area contributed by atoms with Crippen LogP contribution in [0, 0.1) is 10.1 Å². The van der Waals surface area contributed by atoms with E-state index in [-0.39, 0.29) is 17.8 Å². The number of carbonyl (C=O) groups excluding carboxylic acids is 1. The largest absolute Gasteiger partial charge is 0.382 e. The Balaban J connectivity index is 1.86. The summed E-state index contributed by atoms with van der Waals surface area (Å²) in [6, 6.07) is 6.76. The minimum atomic E-state index is -0.408. The molecule has 2 amide bonds. The van der Waals surface area contributed by atoms with Crippen LogP contribution in [0.4, 0.5) is 16.2 Å². The highest BCUT2D eigenvalue weighted by atomic mass is 16.6. The Morgan fingerprint density at radius 1 is 1.29 bits per heavy atom. The molecule has 1 aliphatic heterocycles. The maximum absolute atomic E-state index is 11.8. The lowest BCUT2D eigenvalue weighted by Crippen LogP contribution is -2.46. The van der Waals surface area contributed by atoms with Crippen LogP contribution in [0.2, 0.25) is 0 Å². The number of anilines is 1. The van der Waals surface area contributed by atoms with E-state index in [9.17, 15) is 14.9 Å². The fraction of sp³-hybridized carbons (Fsp3) is 0.500. The van der Waals surface area contributed by atoms with Gasteiger partial charge in [0, 0.05) is 51.0 Å². The molecule has 0 aromatic heterocycles. The molecule has 0 unspecified atom stereocenters. The molecular formula is C14H20N4O3. The summed E-state index contributed by atoms with van der Waals surface area (Å²) in [6.07, 6.45) is 1.74. The summed E-state index contributed by atoms with van der Waals surface area (Å²) in [4.78, 5) is 25.5. The molecule has 21 heavy (non-hydrogen) atoms. The number of rotatable bonds is 3. The van der Waals surface area contributed by atoms with E-state index in [1.165, 1.54) is 12.1 Å². The number of benzene rings is 1. The van der Waals surface area contributed by atoms with E-state index in [2.05, 4.69) is 5.32 Å². The van der Waals surface area contributed by atoms with Crippen LogP contribution >= 0.6 is 0 Å². The SMILES string of the molecule is CN(C)C(=O)N1CCC(Nc2ccc([N+](=O)[O-])cc2)CC1. The summed E-state index contributed by atoms with van der Waals surface area (Å²) in [7, 11) is 3.51. The first-order chi connectivity index (χ1) is 9.97. The number of hydrogen-bond acceptors (Lipinski definition) is 4. The van der Waals surface area contributed by atoms with Gasteiger partial charge in [-0.3, -0.25) is 10.1 Å². The van der Waals surface area contributed by atoms with Gasteiger partial charge in [0.2, 0.25) is 0 Å².